The Labute approximate surface area is 134 Å². The first kappa shape index (κ1) is 16.9. The molecule has 0 amide bonds. The lowest BCUT2D eigenvalue weighted by molar-refractivity contribution is 0.262. The summed E-state index contributed by atoms with van der Waals surface area (Å²) in [6.45, 7) is 13.7. The van der Waals surface area contributed by atoms with E-state index in [-0.39, 0.29) is 0 Å². The third-order valence-electron chi connectivity index (χ3n) is 3.95. The first-order chi connectivity index (χ1) is 10.0. The summed E-state index contributed by atoms with van der Waals surface area (Å²) >= 11 is 2.13. The molecule has 21 heavy (non-hydrogen) atoms. The van der Waals surface area contributed by atoms with Gasteiger partial charge in [0.25, 0.3) is 0 Å². The number of hydrogen-bond acceptors (Lipinski definition) is 3. The fourth-order valence-electron chi connectivity index (χ4n) is 3.11. The smallest absolute Gasteiger partial charge is 0.0237 e. The van der Waals surface area contributed by atoms with Crippen molar-refractivity contribution in [2.24, 2.45) is 0 Å². The molecule has 0 radical (unpaired) electrons. The molecule has 2 unspecified atom stereocenters. The second-order valence-electron chi connectivity index (χ2n) is 6.58. The molecule has 3 heteroatoms. The number of thioether (sulfide) groups is 1. The van der Waals surface area contributed by atoms with Crippen molar-refractivity contribution in [2.75, 3.05) is 19.6 Å². The number of benzene rings is 1. The molecule has 118 valence electrons. The standard InChI is InChI=1S/C18H30N2S/c1-14(2)19-10-9-17-7-5-6-8-18(17)13-20-11-15(3)21-16(4)12-20/h5-8,14-16,19H,9-13H2,1-4H3. The minimum absolute atomic E-state index is 0.568. The van der Waals surface area contributed by atoms with E-state index in [1.165, 1.54) is 24.2 Å². The Hall–Kier alpha value is -0.510. The van der Waals surface area contributed by atoms with Gasteiger partial charge in [-0.3, -0.25) is 4.90 Å². The van der Waals surface area contributed by atoms with Gasteiger partial charge in [0.05, 0.1) is 0 Å². The summed E-state index contributed by atoms with van der Waals surface area (Å²) in [4.78, 5) is 2.63. The van der Waals surface area contributed by atoms with E-state index in [4.69, 9.17) is 0 Å². The monoisotopic (exact) mass is 306 g/mol. The number of rotatable bonds is 6. The van der Waals surface area contributed by atoms with Gasteiger partial charge in [0, 0.05) is 36.2 Å². The summed E-state index contributed by atoms with van der Waals surface area (Å²) in [5.41, 5.74) is 3.01. The van der Waals surface area contributed by atoms with Crippen molar-refractivity contribution in [1.29, 1.82) is 0 Å². The van der Waals surface area contributed by atoms with E-state index in [0.717, 1.165) is 30.0 Å². The van der Waals surface area contributed by atoms with Gasteiger partial charge in [0.2, 0.25) is 0 Å². The molecule has 1 fully saturated rings. The average molecular weight is 307 g/mol. The van der Waals surface area contributed by atoms with Crippen LogP contribution in [0.15, 0.2) is 24.3 Å². The highest BCUT2D eigenvalue weighted by Crippen LogP contribution is 2.26. The quantitative estimate of drug-likeness (QED) is 0.865. The molecule has 2 atom stereocenters. The molecule has 0 spiro atoms. The van der Waals surface area contributed by atoms with Gasteiger partial charge >= 0.3 is 0 Å². The molecule has 0 aromatic heterocycles. The lowest BCUT2D eigenvalue weighted by Gasteiger charge is -2.35. The van der Waals surface area contributed by atoms with Gasteiger partial charge in [0.1, 0.15) is 0 Å². The van der Waals surface area contributed by atoms with E-state index in [1.807, 2.05) is 0 Å². The zero-order chi connectivity index (χ0) is 15.2. The van der Waals surface area contributed by atoms with Crippen LogP contribution in [0.25, 0.3) is 0 Å². The van der Waals surface area contributed by atoms with E-state index in [9.17, 15) is 0 Å². The van der Waals surface area contributed by atoms with E-state index >= 15 is 0 Å². The highest BCUT2D eigenvalue weighted by molar-refractivity contribution is 8.00. The molecule has 1 aromatic carbocycles. The first-order valence-electron chi connectivity index (χ1n) is 8.22. The first-order valence-corrected chi connectivity index (χ1v) is 9.17. The third kappa shape index (κ3) is 5.65. The summed E-state index contributed by atoms with van der Waals surface area (Å²) in [7, 11) is 0. The summed E-state index contributed by atoms with van der Waals surface area (Å²) in [5.74, 6) is 0. The predicted molar refractivity (Wildman–Crippen MR) is 95.1 cm³/mol. The fourth-order valence-corrected chi connectivity index (χ4v) is 4.49. The minimum Gasteiger partial charge on any atom is -0.314 e. The molecule has 2 rings (SSSR count). The lowest BCUT2D eigenvalue weighted by atomic mass is 10.0. The van der Waals surface area contributed by atoms with Gasteiger partial charge in [-0.25, -0.2) is 0 Å². The van der Waals surface area contributed by atoms with Crippen LogP contribution in [0.3, 0.4) is 0 Å². The van der Waals surface area contributed by atoms with Crippen LogP contribution in [0, 0.1) is 0 Å². The molecule has 2 nitrogen and oxygen atoms in total. The molecule has 0 bridgehead atoms. The zero-order valence-corrected chi connectivity index (χ0v) is 14.7. The van der Waals surface area contributed by atoms with E-state index < -0.39 is 0 Å². The van der Waals surface area contributed by atoms with Crippen molar-refractivity contribution in [3.63, 3.8) is 0 Å². The Balaban J connectivity index is 1.95. The van der Waals surface area contributed by atoms with Crippen molar-refractivity contribution >= 4 is 11.8 Å². The molecular weight excluding hydrogens is 276 g/mol. The van der Waals surface area contributed by atoms with Crippen molar-refractivity contribution in [2.45, 2.75) is 57.2 Å². The SMILES string of the molecule is CC(C)NCCc1ccccc1CN1CC(C)SC(C)C1. The highest BCUT2D eigenvalue weighted by Gasteiger charge is 2.22. The normalized spacial score (nSPS) is 23.7. The van der Waals surface area contributed by atoms with Crippen LogP contribution in [-0.2, 0) is 13.0 Å². The molecule has 0 saturated carbocycles. The molecule has 1 aromatic rings. The Kier molecular flexibility index (Phi) is 6.59. The van der Waals surface area contributed by atoms with Crippen LogP contribution >= 0.6 is 11.8 Å². The Morgan fingerprint density at radius 1 is 1.14 bits per heavy atom. The molecule has 1 saturated heterocycles. The topological polar surface area (TPSA) is 15.3 Å². The average Bonchev–Trinajstić information content (AvgIpc) is 2.39. The van der Waals surface area contributed by atoms with Gasteiger partial charge in [-0.1, -0.05) is 52.0 Å². The second kappa shape index (κ2) is 8.21. The van der Waals surface area contributed by atoms with Gasteiger partial charge in [-0.2, -0.15) is 11.8 Å². The maximum absolute atomic E-state index is 3.52. The summed E-state index contributed by atoms with van der Waals surface area (Å²) < 4.78 is 0. The van der Waals surface area contributed by atoms with Crippen molar-refractivity contribution in [3.8, 4) is 0 Å². The lowest BCUT2D eigenvalue weighted by Crippen LogP contribution is -2.40. The fraction of sp³-hybridized carbons (Fsp3) is 0.667. The summed E-state index contributed by atoms with van der Waals surface area (Å²) in [5, 5.41) is 5.03. The van der Waals surface area contributed by atoms with Crippen LogP contribution in [0.5, 0.6) is 0 Å². The minimum atomic E-state index is 0.568. The molecule has 1 N–H and O–H groups in total. The number of nitrogens with zero attached hydrogens (tertiary/aromatic N) is 1. The zero-order valence-electron chi connectivity index (χ0n) is 13.9. The van der Waals surface area contributed by atoms with Gasteiger partial charge < -0.3 is 5.32 Å². The Morgan fingerprint density at radius 2 is 1.76 bits per heavy atom. The second-order valence-corrected chi connectivity index (χ2v) is 8.46. The van der Waals surface area contributed by atoms with Gasteiger partial charge in [0.15, 0.2) is 0 Å². The molecule has 1 aliphatic heterocycles. The van der Waals surface area contributed by atoms with Crippen LogP contribution in [0.2, 0.25) is 0 Å². The molecule has 1 heterocycles. The molecule has 1 aliphatic rings. The maximum Gasteiger partial charge on any atom is 0.0237 e. The Bertz CT molecular complexity index is 423. The van der Waals surface area contributed by atoms with Crippen molar-refractivity contribution in [3.05, 3.63) is 35.4 Å². The van der Waals surface area contributed by atoms with Crippen LogP contribution in [-0.4, -0.2) is 41.1 Å². The van der Waals surface area contributed by atoms with Crippen LogP contribution in [0.4, 0.5) is 0 Å². The van der Waals surface area contributed by atoms with Crippen molar-refractivity contribution < 1.29 is 0 Å². The maximum atomic E-state index is 3.52. The number of hydrogen-bond donors (Lipinski definition) is 1. The van der Waals surface area contributed by atoms with Crippen LogP contribution in [0.1, 0.15) is 38.8 Å². The van der Waals surface area contributed by atoms with Crippen LogP contribution < -0.4 is 5.32 Å². The molecular formula is C18H30N2S. The molecule has 0 aliphatic carbocycles. The van der Waals surface area contributed by atoms with E-state index in [2.05, 4.69) is 73.9 Å². The third-order valence-corrected chi connectivity index (χ3v) is 5.18. The van der Waals surface area contributed by atoms with E-state index in [0.29, 0.717) is 6.04 Å². The van der Waals surface area contributed by atoms with Gasteiger partial charge in [-0.05, 0) is 24.1 Å². The van der Waals surface area contributed by atoms with Gasteiger partial charge in [-0.15, -0.1) is 0 Å². The summed E-state index contributed by atoms with van der Waals surface area (Å²) in [6.07, 6.45) is 1.13. The number of nitrogens with one attached hydrogen (secondary N) is 1. The van der Waals surface area contributed by atoms with E-state index in [1.54, 1.807) is 0 Å². The summed E-state index contributed by atoms with van der Waals surface area (Å²) in [6, 6.07) is 9.52. The Morgan fingerprint density at radius 3 is 2.38 bits per heavy atom. The predicted octanol–water partition coefficient (Wildman–Crippen LogP) is 3.55. The highest BCUT2D eigenvalue weighted by atomic mass is 32.2. The largest absolute Gasteiger partial charge is 0.314 e. The van der Waals surface area contributed by atoms with Crippen molar-refractivity contribution in [1.82, 2.24) is 10.2 Å².